The summed E-state index contributed by atoms with van der Waals surface area (Å²) in [6, 6.07) is 5.57. The molecule has 2 aromatic carbocycles. The van der Waals surface area contributed by atoms with Crippen LogP contribution in [0.5, 0.6) is 11.5 Å². The highest BCUT2D eigenvalue weighted by atomic mass is 16.3. The molecule has 0 amide bonds. The Morgan fingerprint density at radius 2 is 1.39 bits per heavy atom. The van der Waals surface area contributed by atoms with Crippen molar-refractivity contribution in [2.24, 2.45) is 0 Å². The van der Waals surface area contributed by atoms with Crippen molar-refractivity contribution in [3.05, 3.63) is 46.5 Å². The molecule has 0 aliphatic heterocycles. The number of carbonyl (C=O) groups is 2. The summed E-state index contributed by atoms with van der Waals surface area (Å²) in [6.45, 7) is 3.80. The summed E-state index contributed by atoms with van der Waals surface area (Å²) in [5.74, 6) is -1.82. The van der Waals surface area contributed by atoms with Gasteiger partial charge >= 0.3 is 0 Å². The molecule has 0 bridgehead atoms. The van der Waals surface area contributed by atoms with E-state index in [1.54, 1.807) is 12.1 Å². The van der Waals surface area contributed by atoms with Crippen LogP contribution in [-0.4, -0.2) is 27.8 Å². The lowest BCUT2D eigenvalue weighted by atomic mass is 9.81. The largest absolute Gasteiger partial charge is 0.507 e. The number of nitrogen functional groups attached to an aromatic ring is 1. The summed E-state index contributed by atoms with van der Waals surface area (Å²) in [5.41, 5.74) is 6.28. The number of phenols is 2. The molecule has 118 valence electrons. The van der Waals surface area contributed by atoms with Crippen molar-refractivity contribution in [1.82, 2.24) is 0 Å². The monoisotopic (exact) mass is 312 g/mol. The highest BCUT2D eigenvalue weighted by Gasteiger charge is 2.37. The highest BCUT2D eigenvalue weighted by molar-refractivity contribution is 6.33. The van der Waals surface area contributed by atoms with Crippen molar-refractivity contribution in [1.29, 1.82) is 0 Å². The summed E-state index contributed by atoms with van der Waals surface area (Å²) in [6.07, 6.45) is 0. The zero-order valence-electron chi connectivity index (χ0n) is 12.7. The van der Waals surface area contributed by atoms with E-state index in [-0.39, 0.29) is 45.5 Å². The van der Waals surface area contributed by atoms with Gasteiger partial charge in [0.1, 0.15) is 11.5 Å². The number of benzene rings is 2. The average Bonchev–Trinajstić information content (AvgIpc) is 2.48. The second kappa shape index (κ2) is 5.01. The molecule has 0 saturated carbocycles. The summed E-state index contributed by atoms with van der Waals surface area (Å²) in [7, 11) is 0. The van der Waals surface area contributed by atoms with Gasteiger partial charge in [-0.3, -0.25) is 9.59 Å². The number of nitrogens with two attached hydrogens (primary N) is 1. The van der Waals surface area contributed by atoms with Crippen LogP contribution < -0.4 is 11.1 Å². The van der Waals surface area contributed by atoms with Gasteiger partial charge in [-0.15, -0.1) is 0 Å². The average molecular weight is 312 g/mol. The van der Waals surface area contributed by atoms with Crippen molar-refractivity contribution in [2.45, 2.75) is 19.9 Å². The number of nitrogens with one attached hydrogen (secondary N) is 1. The van der Waals surface area contributed by atoms with Crippen LogP contribution in [0.3, 0.4) is 0 Å². The molecule has 6 heteroatoms. The zero-order chi connectivity index (χ0) is 16.9. The third-order valence-electron chi connectivity index (χ3n) is 3.75. The van der Waals surface area contributed by atoms with Crippen molar-refractivity contribution >= 4 is 22.9 Å². The molecule has 3 rings (SSSR count). The first-order valence-electron chi connectivity index (χ1n) is 7.16. The zero-order valence-corrected chi connectivity index (χ0v) is 12.7. The molecule has 6 nitrogen and oxygen atoms in total. The summed E-state index contributed by atoms with van der Waals surface area (Å²) < 4.78 is 0. The number of hydrogen-bond acceptors (Lipinski definition) is 6. The third kappa shape index (κ3) is 2.11. The smallest absolute Gasteiger partial charge is 0.200 e. The second-order valence-electron chi connectivity index (χ2n) is 5.76. The second-order valence-corrected chi connectivity index (χ2v) is 5.76. The Morgan fingerprint density at radius 3 is 1.91 bits per heavy atom. The van der Waals surface area contributed by atoms with Gasteiger partial charge in [-0.2, -0.15) is 0 Å². The predicted molar refractivity (Wildman–Crippen MR) is 86.2 cm³/mol. The van der Waals surface area contributed by atoms with E-state index in [9.17, 15) is 19.8 Å². The fraction of sp³-hybridized carbons (Fsp3) is 0.176. The van der Waals surface area contributed by atoms with Crippen LogP contribution in [0.1, 0.15) is 45.7 Å². The topological polar surface area (TPSA) is 113 Å². The molecule has 0 saturated heterocycles. The Labute approximate surface area is 132 Å². The predicted octanol–water partition coefficient (Wildman–Crippen LogP) is 2.28. The van der Waals surface area contributed by atoms with Crippen LogP contribution >= 0.6 is 0 Å². The van der Waals surface area contributed by atoms with Crippen molar-refractivity contribution in [2.75, 3.05) is 11.1 Å². The van der Waals surface area contributed by atoms with Gasteiger partial charge in [-0.1, -0.05) is 0 Å². The first-order chi connectivity index (χ1) is 10.8. The van der Waals surface area contributed by atoms with Gasteiger partial charge in [-0.25, -0.2) is 0 Å². The number of phenolic OH excluding ortho intramolecular Hbond substituents is 2. The minimum Gasteiger partial charge on any atom is -0.507 e. The van der Waals surface area contributed by atoms with E-state index in [4.69, 9.17) is 5.73 Å². The molecule has 5 N–H and O–H groups in total. The lowest BCUT2D eigenvalue weighted by Crippen LogP contribution is -2.25. The number of rotatable bonds is 2. The fourth-order valence-corrected chi connectivity index (χ4v) is 2.82. The molecule has 0 fully saturated rings. The first kappa shape index (κ1) is 14.9. The highest BCUT2D eigenvalue weighted by Crippen LogP contribution is 2.41. The van der Waals surface area contributed by atoms with Gasteiger partial charge in [-0.05, 0) is 38.1 Å². The number of fused-ring (bicyclic) bond motifs is 2. The van der Waals surface area contributed by atoms with E-state index in [1.165, 1.54) is 12.1 Å². The molecule has 1 aliphatic carbocycles. The molecule has 0 spiro atoms. The van der Waals surface area contributed by atoms with Gasteiger partial charge in [0.05, 0.1) is 22.3 Å². The van der Waals surface area contributed by atoms with Crippen LogP contribution in [0.15, 0.2) is 24.3 Å². The van der Waals surface area contributed by atoms with Crippen molar-refractivity contribution in [3.8, 4) is 11.5 Å². The van der Waals surface area contributed by atoms with Gasteiger partial charge in [0.25, 0.3) is 0 Å². The van der Waals surface area contributed by atoms with E-state index in [1.807, 2.05) is 13.8 Å². The number of ketones is 2. The summed E-state index contributed by atoms with van der Waals surface area (Å²) in [4.78, 5) is 25.6. The maximum absolute atomic E-state index is 12.9. The van der Waals surface area contributed by atoms with Crippen LogP contribution in [0.25, 0.3) is 0 Å². The number of hydrogen-bond donors (Lipinski definition) is 4. The minimum atomic E-state index is -0.576. The Hall–Kier alpha value is -3.02. The van der Waals surface area contributed by atoms with E-state index in [0.717, 1.165) is 0 Å². The third-order valence-corrected chi connectivity index (χ3v) is 3.75. The number of anilines is 2. The summed E-state index contributed by atoms with van der Waals surface area (Å²) in [5, 5.41) is 23.1. The quantitative estimate of drug-likeness (QED) is 0.426. The molecule has 0 unspecified atom stereocenters. The molecule has 0 atom stereocenters. The van der Waals surface area contributed by atoms with Gasteiger partial charge < -0.3 is 21.3 Å². The Kier molecular flexibility index (Phi) is 3.25. The van der Waals surface area contributed by atoms with Gasteiger partial charge in [0, 0.05) is 17.4 Å². The Morgan fingerprint density at radius 1 is 0.870 bits per heavy atom. The SMILES string of the molecule is CC(C)Nc1ccc(N)c2c1C(=O)c1c(O)ccc(O)c1C2=O. The lowest BCUT2D eigenvalue weighted by molar-refractivity contribution is 0.0975. The molecule has 2 aromatic rings. The van der Waals surface area contributed by atoms with Gasteiger partial charge in [0.2, 0.25) is 11.6 Å². The van der Waals surface area contributed by atoms with Crippen molar-refractivity contribution in [3.63, 3.8) is 0 Å². The van der Waals surface area contributed by atoms with E-state index in [0.29, 0.717) is 5.69 Å². The molecule has 0 aromatic heterocycles. The van der Waals surface area contributed by atoms with Crippen molar-refractivity contribution < 1.29 is 19.8 Å². The molecular formula is C17H16N2O4. The normalized spacial score (nSPS) is 13.0. The van der Waals surface area contributed by atoms with E-state index in [2.05, 4.69) is 5.32 Å². The maximum atomic E-state index is 12.9. The standard InChI is InChI=1S/C17H16N2O4/c1-7(2)19-9-4-3-8(18)12-13(9)17(23)15-11(21)6-5-10(20)14(15)16(12)22/h3-7,19-21H,18H2,1-2H3. The van der Waals surface area contributed by atoms with Crippen LogP contribution in [0.2, 0.25) is 0 Å². The Bertz CT molecular complexity index is 856. The fourth-order valence-electron chi connectivity index (χ4n) is 2.82. The lowest BCUT2D eigenvalue weighted by Gasteiger charge is -2.24. The molecule has 0 heterocycles. The molecule has 1 aliphatic rings. The molecule has 23 heavy (non-hydrogen) atoms. The van der Waals surface area contributed by atoms with Crippen LogP contribution in [0, 0.1) is 0 Å². The molecule has 0 radical (unpaired) electrons. The van der Waals surface area contributed by atoms with Gasteiger partial charge in [0.15, 0.2) is 0 Å². The molecular weight excluding hydrogens is 296 g/mol. The van der Waals surface area contributed by atoms with E-state index < -0.39 is 11.6 Å². The summed E-state index contributed by atoms with van der Waals surface area (Å²) >= 11 is 0. The van der Waals surface area contributed by atoms with E-state index >= 15 is 0 Å². The Balaban J connectivity index is 2.35. The first-order valence-corrected chi connectivity index (χ1v) is 7.16. The number of carbonyl (C=O) groups excluding carboxylic acids is 2. The maximum Gasteiger partial charge on any atom is 0.200 e. The van der Waals surface area contributed by atoms with Crippen LogP contribution in [0.4, 0.5) is 11.4 Å². The van der Waals surface area contributed by atoms with Crippen LogP contribution in [-0.2, 0) is 0 Å². The number of aromatic hydroxyl groups is 2. The minimum absolute atomic E-state index is 0.0322.